The van der Waals surface area contributed by atoms with E-state index in [1.807, 2.05) is 0 Å². The molecule has 0 aromatic carbocycles. The van der Waals surface area contributed by atoms with Crippen LogP contribution in [0.3, 0.4) is 0 Å². The number of hydrogen-bond acceptors (Lipinski definition) is 1. The lowest BCUT2D eigenvalue weighted by Crippen LogP contribution is -1.92. The average Bonchev–Trinajstić information content (AvgIpc) is 2.06. The molecule has 0 aliphatic rings. The van der Waals surface area contributed by atoms with Gasteiger partial charge in [0.2, 0.25) is 0 Å². The molecule has 0 fully saturated rings. The molecule has 0 aliphatic carbocycles. The van der Waals surface area contributed by atoms with E-state index in [2.05, 4.69) is 32.6 Å². The maximum absolute atomic E-state index is 9.60. The largest absolute Gasteiger partial charge is 0.478 e. The third-order valence-corrected chi connectivity index (χ3v) is 1.22. The highest BCUT2D eigenvalue weighted by Gasteiger charge is 1.90. The Balaban J connectivity index is 0. The lowest BCUT2D eigenvalue weighted by atomic mass is 10.3. The quantitative estimate of drug-likeness (QED) is 0.537. The van der Waals surface area contributed by atoms with Crippen LogP contribution in [0.25, 0.3) is 0 Å². The van der Waals surface area contributed by atoms with Gasteiger partial charge in [-0.15, -0.1) is 0 Å². The van der Waals surface area contributed by atoms with Crippen molar-refractivity contribution in [3.8, 4) is 0 Å². The number of unbranched alkanes of at least 4 members (excludes halogenated alkanes) is 1. The van der Waals surface area contributed by atoms with Crippen LogP contribution >= 0.6 is 0 Å². The summed E-state index contributed by atoms with van der Waals surface area (Å²) in [6.45, 7) is 8.96. The van der Waals surface area contributed by atoms with Gasteiger partial charge in [0.15, 0.2) is 0 Å². The molecule has 76 valence electrons. The fourth-order valence-electron chi connectivity index (χ4n) is 0.451. The molecule has 0 aromatic rings. The molecule has 2 heteroatoms. The van der Waals surface area contributed by atoms with Crippen LogP contribution in [-0.4, -0.2) is 11.1 Å². The molecule has 0 saturated heterocycles. The minimum atomic E-state index is -0.935. The molecule has 0 amide bonds. The molecule has 0 bridgehead atoms. The molecule has 0 spiro atoms. The second-order valence-electron chi connectivity index (χ2n) is 2.75. The highest BCUT2D eigenvalue weighted by molar-refractivity contribution is 5.84. The van der Waals surface area contributed by atoms with Crippen LogP contribution < -0.4 is 0 Å². The molecular weight excluding hydrogens is 164 g/mol. The predicted molar refractivity (Wildman–Crippen MR) is 56.8 cm³/mol. The Kier molecular flexibility index (Phi) is 12.2. The summed E-state index contributed by atoms with van der Waals surface area (Å²) in [5.74, 6) is -0.935. The summed E-state index contributed by atoms with van der Waals surface area (Å²) in [7, 11) is 0. The highest BCUT2D eigenvalue weighted by Crippen LogP contribution is 1.88. The van der Waals surface area contributed by atoms with Gasteiger partial charge in [0.1, 0.15) is 0 Å². The van der Waals surface area contributed by atoms with Crippen LogP contribution in [0.4, 0.5) is 0 Å². The van der Waals surface area contributed by atoms with Crippen LogP contribution in [0.2, 0.25) is 0 Å². The van der Waals surface area contributed by atoms with Crippen molar-refractivity contribution in [2.75, 3.05) is 0 Å². The second-order valence-corrected chi connectivity index (χ2v) is 2.75. The van der Waals surface area contributed by atoms with Gasteiger partial charge in [-0.1, -0.05) is 39.0 Å². The first-order valence-electron chi connectivity index (χ1n) is 4.60. The number of carboxylic acid groups (broad SMARTS) is 1. The monoisotopic (exact) mass is 184 g/mol. The van der Waals surface area contributed by atoms with Gasteiger partial charge in [-0.25, -0.2) is 4.79 Å². The zero-order chi connectivity index (χ0) is 10.7. The lowest BCUT2D eigenvalue weighted by Gasteiger charge is -1.79. The number of allylic oxidation sites excluding steroid dienone is 2. The number of carboxylic acids is 1. The van der Waals surface area contributed by atoms with Gasteiger partial charge in [0.05, 0.1) is 0 Å². The van der Waals surface area contributed by atoms with E-state index < -0.39 is 5.97 Å². The van der Waals surface area contributed by atoms with Crippen LogP contribution in [0.5, 0.6) is 0 Å². The van der Waals surface area contributed by atoms with Crippen molar-refractivity contribution >= 4 is 5.97 Å². The maximum atomic E-state index is 9.60. The third-order valence-electron chi connectivity index (χ3n) is 1.22. The first-order valence-corrected chi connectivity index (χ1v) is 4.60. The van der Waals surface area contributed by atoms with Gasteiger partial charge in [-0.2, -0.15) is 0 Å². The van der Waals surface area contributed by atoms with Gasteiger partial charge in [-0.3, -0.25) is 0 Å². The lowest BCUT2D eigenvalue weighted by molar-refractivity contribution is -0.132. The fourth-order valence-corrected chi connectivity index (χ4v) is 0.451. The molecule has 0 radical (unpaired) electrons. The molecule has 0 aromatic heterocycles. The molecular formula is C11H20O2. The summed E-state index contributed by atoms with van der Waals surface area (Å²) in [4.78, 5) is 9.60. The molecule has 0 saturated carbocycles. The van der Waals surface area contributed by atoms with Crippen LogP contribution in [-0.2, 0) is 4.79 Å². The van der Waals surface area contributed by atoms with E-state index in [1.54, 1.807) is 0 Å². The first-order chi connectivity index (χ1) is 6.06. The van der Waals surface area contributed by atoms with Crippen LogP contribution in [0.1, 0.15) is 40.0 Å². The Morgan fingerprint density at radius 3 is 2.08 bits per heavy atom. The van der Waals surface area contributed by atoms with E-state index in [0.717, 1.165) is 0 Å². The van der Waals surface area contributed by atoms with Crippen molar-refractivity contribution in [2.45, 2.75) is 40.0 Å². The standard InChI is InChI=1S/C7H14.C4H6O2/c1-3-5-7-6-4-2;1-3(2)4(5)6/h5,7H,3-4,6H2,1-2H3;1H2,2H3,(H,5,6). The molecule has 0 heterocycles. The normalized spacial score (nSPS) is 9.15. The van der Waals surface area contributed by atoms with E-state index >= 15 is 0 Å². The highest BCUT2D eigenvalue weighted by atomic mass is 16.4. The van der Waals surface area contributed by atoms with E-state index in [-0.39, 0.29) is 5.57 Å². The van der Waals surface area contributed by atoms with E-state index in [4.69, 9.17) is 5.11 Å². The zero-order valence-electron chi connectivity index (χ0n) is 8.84. The summed E-state index contributed by atoms with van der Waals surface area (Å²) < 4.78 is 0. The summed E-state index contributed by atoms with van der Waals surface area (Å²) in [5, 5.41) is 7.89. The average molecular weight is 184 g/mol. The smallest absolute Gasteiger partial charge is 0.330 e. The Labute approximate surface area is 81.0 Å². The number of carbonyl (C=O) groups is 1. The van der Waals surface area contributed by atoms with Gasteiger partial charge in [-0.05, 0) is 19.8 Å². The Morgan fingerprint density at radius 2 is 1.85 bits per heavy atom. The van der Waals surface area contributed by atoms with Crippen molar-refractivity contribution in [3.63, 3.8) is 0 Å². The Hall–Kier alpha value is -1.05. The van der Waals surface area contributed by atoms with Gasteiger partial charge in [0.25, 0.3) is 0 Å². The zero-order valence-corrected chi connectivity index (χ0v) is 8.84. The van der Waals surface area contributed by atoms with Gasteiger partial charge < -0.3 is 5.11 Å². The number of rotatable bonds is 4. The Morgan fingerprint density at radius 1 is 1.38 bits per heavy atom. The van der Waals surface area contributed by atoms with Crippen molar-refractivity contribution in [3.05, 3.63) is 24.3 Å². The molecule has 2 nitrogen and oxygen atoms in total. The molecule has 1 N–H and O–H groups in total. The molecule has 0 unspecified atom stereocenters. The summed E-state index contributed by atoms with van der Waals surface area (Å²) >= 11 is 0. The molecule has 0 atom stereocenters. The van der Waals surface area contributed by atoms with Crippen LogP contribution in [0, 0.1) is 0 Å². The SMILES string of the molecule is C=C(C)C(=O)O.CCC=CCCC. The van der Waals surface area contributed by atoms with Crippen molar-refractivity contribution in [1.29, 1.82) is 0 Å². The number of aliphatic carboxylic acids is 1. The first kappa shape index (κ1) is 14.5. The van der Waals surface area contributed by atoms with Crippen molar-refractivity contribution in [1.82, 2.24) is 0 Å². The third kappa shape index (κ3) is 18.2. The minimum absolute atomic E-state index is 0.176. The predicted octanol–water partition coefficient (Wildman–Crippen LogP) is 3.40. The number of hydrogen-bond donors (Lipinski definition) is 1. The fraction of sp³-hybridized carbons (Fsp3) is 0.545. The minimum Gasteiger partial charge on any atom is -0.478 e. The topological polar surface area (TPSA) is 37.3 Å². The summed E-state index contributed by atoms with van der Waals surface area (Å²) in [6.07, 6.45) is 8.15. The van der Waals surface area contributed by atoms with Crippen LogP contribution in [0.15, 0.2) is 24.3 Å². The molecule has 0 aliphatic heterocycles. The van der Waals surface area contributed by atoms with Crippen molar-refractivity contribution < 1.29 is 9.90 Å². The second kappa shape index (κ2) is 11.0. The summed E-state index contributed by atoms with van der Waals surface area (Å²) in [6, 6.07) is 0. The maximum Gasteiger partial charge on any atom is 0.330 e. The van der Waals surface area contributed by atoms with Crippen molar-refractivity contribution in [2.24, 2.45) is 0 Å². The van der Waals surface area contributed by atoms with Gasteiger partial charge >= 0.3 is 5.97 Å². The van der Waals surface area contributed by atoms with E-state index in [0.29, 0.717) is 0 Å². The Bertz CT molecular complexity index is 157. The van der Waals surface area contributed by atoms with E-state index in [9.17, 15) is 4.79 Å². The van der Waals surface area contributed by atoms with E-state index in [1.165, 1.54) is 26.2 Å². The molecule has 13 heavy (non-hydrogen) atoms. The summed E-state index contributed by atoms with van der Waals surface area (Å²) in [5.41, 5.74) is 0.176. The molecule has 0 rings (SSSR count). The van der Waals surface area contributed by atoms with Gasteiger partial charge in [0, 0.05) is 5.57 Å².